The van der Waals surface area contributed by atoms with Gasteiger partial charge in [-0.2, -0.15) is 0 Å². The summed E-state index contributed by atoms with van der Waals surface area (Å²) >= 11 is 3.40. The third-order valence-corrected chi connectivity index (χ3v) is 4.77. The molecule has 1 N–H and O–H groups in total. The minimum atomic E-state index is 0.0746. The van der Waals surface area contributed by atoms with Gasteiger partial charge in [0.1, 0.15) is 5.75 Å². The van der Waals surface area contributed by atoms with E-state index in [-0.39, 0.29) is 5.91 Å². The Hall–Kier alpha value is -1.07. The molecule has 1 amide bonds. The molecule has 20 heavy (non-hydrogen) atoms. The van der Waals surface area contributed by atoms with Crippen LogP contribution in [0.4, 0.5) is 0 Å². The van der Waals surface area contributed by atoms with Crippen molar-refractivity contribution in [1.29, 1.82) is 0 Å². The summed E-state index contributed by atoms with van der Waals surface area (Å²) in [7, 11) is 1.60. The maximum Gasteiger partial charge on any atom is 0.257 e. The average Bonchev–Trinajstić information content (AvgIpc) is 2.90. The van der Waals surface area contributed by atoms with Crippen molar-refractivity contribution in [3.05, 3.63) is 28.2 Å². The van der Waals surface area contributed by atoms with Crippen molar-refractivity contribution in [1.82, 2.24) is 10.2 Å². The molecule has 0 radical (unpaired) electrons. The fraction of sp³-hybridized carbons (Fsp3) is 0.533. The van der Waals surface area contributed by atoms with Crippen LogP contribution in [0, 0.1) is 5.92 Å². The Morgan fingerprint density at radius 3 is 3.05 bits per heavy atom. The van der Waals surface area contributed by atoms with Gasteiger partial charge in [-0.25, -0.2) is 0 Å². The second-order valence-corrected chi connectivity index (χ2v) is 6.43. The van der Waals surface area contributed by atoms with Crippen molar-refractivity contribution < 1.29 is 9.53 Å². The standard InChI is InChI=1S/C15H19BrN2O2/c1-20-14-7-11(16)4-5-12(14)15(19)18-8-10-3-2-6-17-13(10)9-18/h4-5,7,10,13,17H,2-3,6,8-9H2,1H3/t10-,13+/m0/s1. The highest BCUT2D eigenvalue weighted by atomic mass is 79.9. The minimum Gasteiger partial charge on any atom is -0.496 e. The van der Waals surface area contributed by atoms with E-state index in [0.717, 1.165) is 24.1 Å². The molecule has 1 aromatic carbocycles. The smallest absolute Gasteiger partial charge is 0.257 e. The molecule has 2 fully saturated rings. The largest absolute Gasteiger partial charge is 0.496 e. The molecule has 3 rings (SSSR count). The molecule has 108 valence electrons. The van der Waals surface area contributed by atoms with Gasteiger partial charge >= 0.3 is 0 Å². The lowest BCUT2D eigenvalue weighted by atomic mass is 9.94. The van der Waals surface area contributed by atoms with Gasteiger partial charge in [-0.3, -0.25) is 4.79 Å². The maximum atomic E-state index is 12.7. The molecule has 5 heteroatoms. The highest BCUT2D eigenvalue weighted by molar-refractivity contribution is 9.10. The number of carbonyl (C=O) groups excluding carboxylic acids is 1. The van der Waals surface area contributed by atoms with E-state index in [1.165, 1.54) is 12.8 Å². The zero-order valence-electron chi connectivity index (χ0n) is 11.6. The van der Waals surface area contributed by atoms with Crippen LogP contribution in [0.2, 0.25) is 0 Å². The quantitative estimate of drug-likeness (QED) is 0.899. The number of amides is 1. The van der Waals surface area contributed by atoms with E-state index < -0.39 is 0 Å². The van der Waals surface area contributed by atoms with E-state index >= 15 is 0 Å². The van der Waals surface area contributed by atoms with E-state index in [0.29, 0.717) is 23.3 Å². The molecule has 4 nitrogen and oxygen atoms in total. The first-order chi connectivity index (χ1) is 9.69. The third-order valence-electron chi connectivity index (χ3n) is 4.28. The predicted octanol–water partition coefficient (Wildman–Crippen LogP) is 2.28. The zero-order valence-corrected chi connectivity index (χ0v) is 13.1. The first-order valence-electron chi connectivity index (χ1n) is 7.05. The molecule has 2 aliphatic rings. The minimum absolute atomic E-state index is 0.0746. The summed E-state index contributed by atoms with van der Waals surface area (Å²) in [6.07, 6.45) is 2.43. The lowest BCUT2D eigenvalue weighted by Gasteiger charge is -2.24. The number of halogens is 1. The Labute approximate surface area is 127 Å². The zero-order chi connectivity index (χ0) is 14.1. The van der Waals surface area contributed by atoms with Crippen LogP contribution in [0.15, 0.2) is 22.7 Å². The van der Waals surface area contributed by atoms with Gasteiger partial charge in [0.25, 0.3) is 5.91 Å². The van der Waals surface area contributed by atoms with Gasteiger partial charge in [-0.15, -0.1) is 0 Å². The molecular formula is C15H19BrN2O2. The average molecular weight is 339 g/mol. The Morgan fingerprint density at radius 1 is 1.45 bits per heavy atom. The van der Waals surface area contributed by atoms with Crippen LogP contribution in [0.1, 0.15) is 23.2 Å². The number of hydrogen-bond donors (Lipinski definition) is 1. The highest BCUT2D eigenvalue weighted by Crippen LogP contribution is 2.29. The van der Waals surface area contributed by atoms with Crippen LogP contribution in [0.5, 0.6) is 5.75 Å². The molecule has 2 atom stereocenters. The summed E-state index contributed by atoms with van der Waals surface area (Å²) in [5.41, 5.74) is 0.648. The number of hydrogen-bond acceptors (Lipinski definition) is 3. The fourth-order valence-electron chi connectivity index (χ4n) is 3.22. The predicted molar refractivity (Wildman–Crippen MR) is 81.1 cm³/mol. The number of likely N-dealkylation sites (tertiary alicyclic amines) is 1. The van der Waals surface area contributed by atoms with Crippen molar-refractivity contribution in [2.45, 2.75) is 18.9 Å². The first kappa shape index (κ1) is 13.9. The van der Waals surface area contributed by atoms with E-state index in [1.54, 1.807) is 7.11 Å². The summed E-state index contributed by atoms with van der Waals surface area (Å²) in [4.78, 5) is 14.6. The Morgan fingerprint density at radius 2 is 2.30 bits per heavy atom. The number of ether oxygens (including phenoxy) is 1. The molecule has 0 bridgehead atoms. The Balaban J connectivity index is 1.79. The molecular weight excluding hydrogens is 320 g/mol. The van der Waals surface area contributed by atoms with Gasteiger partial charge < -0.3 is 15.0 Å². The number of benzene rings is 1. The second kappa shape index (κ2) is 5.74. The Kier molecular flexibility index (Phi) is 3.98. The summed E-state index contributed by atoms with van der Waals surface area (Å²) in [6.45, 7) is 2.74. The van der Waals surface area contributed by atoms with Gasteiger partial charge in [0.15, 0.2) is 0 Å². The third kappa shape index (κ3) is 2.56. The first-order valence-corrected chi connectivity index (χ1v) is 7.84. The van der Waals surface area contributed by atoms with E-state index in [1.807, 2.05) is 23.1 Å². The van der Waals surface area contributed by atoms with Gasteiger partial charge in [0.05, 0.1) is 12.7 Å². The van der Waals surface area contributed by atoms with Crippen molar-refractivity contribution in [2.24, 2.45) is 5.92 Å². The molecule has 2 saturated heterocycles. The number of methoxy groups -OCH3 is 1. The fourth-order valence-corrected chi connectivity index (χ4v) is 3.56. The van der Waals surface area contributed by atoms with Crippen molar-refractivity contribution in [3.8, 4) is 5.75 Å². The van der Waals surface area contributed by atoms with Gasteiger partial charge in [0.2, 0.25) is 0 Å². The summed E-state index contributed by atoms with van der Waals surface area (Å²) in [5, 5.41) is 3.52. The van der Waals surface area contributed by atoms with E-state index in [9.17, 15) is 4.79 Å². The number of nitrogens with zero attached hydrogens (tertiary/aromatic N) is 1. The molecule has 2 aliphatic heterocycles. The number of carbonyl (C=O) groups is 1. The van der Waals surface area contributed by atoms with Crippen molar-refractivity contribution in [3.63, 3.8) is 0 Å². The highest BCUT2D eigenvalue weighted by Gasteiger charge is 2.37. The molecule has 0 aliphatic carbocycles. The molecule has 0 saturated carbocycles. The SMILES string of the molecule is COc1cc(Br)ccc1C(=O)N1C[C@@H]2CCCN[C@@H]2C1. The van der Waals surface area contributed by atoms with E-state index in [4.69, 9.17) is 4.74 Å². The Bertz CT molecular complexity index is 507. The second-order valence-electron chi connectivity index (χ2n) is 5.52. The molecule has 0 unspecified atom stereocenters. The topological polar surface area (TPSA) is 41.6 Å². The number of piperidine rings is 1. The summed E-state index contributed by atoms with van der Waals surface area (Å²) in [6, 6.07) is 6.03. The lowest BCUT2D eigenvalue weighted by Crippen LogP contribution is -2.41. The van der Waals surface area contributed by atoms with Crippen LogP contribution in [-0.4, -0.2) is 43.6 Å². The van der Waals surface area contributed by atoms with Crippen LogP contribution >= 0.6 is 15.9 Å². The number of rotatable bonds is 2. The molecule has 2 heterocycles. The number of fused-ring (bicyclic) bond motifs is 1. The summed E-state index contributed by atoms with van der Waals surface area (Å²) < 4.78 is 6.25. The normalized spacial score (nSPS) is 25.4. The van der Waals surface area contributed by atoms with Crippen LogP contribution in [0.3, 0.4) is 0 Å². The van der Waals surface area contributed by atoms with Crippen molar-refractivity contribution >= 4 is 21.8 Å². The van der Waals surface area contributed by atoms with Crippen LogP contribution in [0.25, 0.3) is 0 Å². The molecule has 0 aromatic heterocycles. The van der Waals surface area contributed by atoms with Crippen molar-refractivity contribution in [2.75, 3.05) is 26.7 Å². The maximum absolute atomic E-state index is 12.7. The van der Waals surface area contributed by atoms with E-state index in [2.05, 4.69) is 21.2 Å². The van der Waals surface area contributed by atoms with Gasteiger partial charge in [0, 0.05) is 23.6 Å². The van der Waals surface area contributed by atoms with Gasteiger partial charge in [-0.05, 0) is 43.5 Å². The summed E-state index contributed by atoms with van der Waals surface area (Å²) in [5.74, 6) is 1.31. The molecule has 1 aromatic rings. The monoisotopic (exact) mass is 338 g/mol. The van der Waals surface area contributed by atoms with Crippen LogP contribution in [-0.2, 0) is 0 Å². The van der Waals surface area contributed by atoms with Crippen LogP contribution < -0.4 is 10.1 Å². The van der Waals surface area contributed by atoms with Gasteiger partial charge in [-0.1, -0.05) is 15.9 Å². The lowest BCUT2D eigenvalue weighted by molar-refractivity contribution is 0.0782. The molecule has 0 spiro atoms. The number of nitrogens with one attached hydrogen (secondary N) is 1.